The summed E-state index contributed by atoms with van der Waals surface area (Å²) in [6.45, 7) is 4.84. The fraction of sp³-hybridized carbons (Fsp3) is 0.667. The maximum atomic E-state index is 10.5. The molecule has 1 aromatic carbocycles. The smallest absolute Gasteiger partial charge is 0.0833 e. The molecule has 3 unspecified atom stereocenters. The Balaban J connectivity index is 2.02. The number of aliphatic hydroxyl groups excluding tert-OH is 1. The van der Waals surface area contributed by atoms with Gasteiger partial charge < -0.3 is 9.84 Å². The van der Waals surface area contributed by atoms with E-state index in [1.807, 2.05) is 6.92 Å². The van der Waals surface area contributed by atoms with Crippen molar-refractivity contribution in [1.82, 2.24) is 0 Å². The molecule has 1 N–H and O–H groups in total. The molecule has 2 heteroatoms. The number of hydrogen-bond donors (Lipinski definition) is 1. The van der Waals surface area contributed by atoms with Crippen molar-refractivity contribution in [2.24, 2.45) is 0 Å². The van der Waals surface area contributed by atoms with Crippen LogP contribution in [0.5, 0.6) is 0 Å². The number of hydrogen-bond acceptors (Lipinski definition) is 2. The van der Waals surface area contributed by atoms with E-state index in [9.17, 15) is 5.11 Å². The first-order valence-electron chi connectivity index (χ1n) is 8.13. The number of ether oxygens (including phenoxy) is 1. The molecule has 3 atom stereocenters. The van der Waals surface area contributed by atoms with Gasteiger partial charge in [-0.3, -0.25) is 0 Å². The van der Waals surface area contributed by atoms with Crippen LogP contribution in [0.15, 0.2) is 24.3 Å². The lowest BCUT2D eigenvalue weighted by molar-refractivity contribution is -0.0431. The summed E-state index contributed by atoms with van der Waals surface area (Å²) in [6, 6.07) is 8.72. The molecule has 0 amide bonds. The summed E-state index contributed by atoms with van der Waals surface area (Å²) in [5, 5.41) is 10.5. The molecule has 0 heterocycles. The van der Waals surface area contributed by atoms with Crippen molar-refractivity contribution in [3.8, 4) is 0 Å². The first-order chi connectivity index (χ1) is 9.76. The zero-order valence-corrected chi connectivity index (χ0v) is 12.8. The standard InChI is InChI=1S/C18H28O2/c1-3-8-18(20-4-2)17(19)13-15-11-7-10-14-9-5-6-12-16(14)15/h5-6,9,12,15,17-19H,3-4,7-8,10-11,13H2,1-2H3. The lowest BCUT2D eigenvalue weighted by Crippen LogP contribution is -2.31. The van der Waals surface area contributed by atoms with Crippen LogP contribution in [0.1, 0.15) is 63.0 Å². The minimum Gasteiger partial charge on any atom is -0.390 e. The predicted molar refractivity (Wildman–Crippen MR) is 83.1 cm³/mol. The molecule has 0 fully saturated rings. The van der Waals surface area contributed by atoms with Gasteiger partial charge in [0.15, 0.2) is 0 Å². The topological polar surface area (TPSA) is 29.5 Å². The van der Waals surface area contributed by atoms with Crippen molar-refractivity contribution >= 4 is 0 Å². The van der Waals surface area contributed by atoms with E-state index in [0.717, 1.165) is 19.3 Å². The van der Waals surface area contributed by atoms with Crippen molar-refractivity contribution in [2.45, 2.75) is 70.5 Å². The third kappa shape index (κ3) is 3.83. The molecule has 0 aliphatic heterocycles. The van der Waals surface area contributed by atoms with Gasteiger partial charge in [0.2, 0.25) is 0 Å². The summed E-state index contributed by atoms with van der Waals surface area (Å²) in [6.07, 6.45) is 6.12. The van der Waals surface area contributed by atoms with Gasteiger partial charge in [-0.05, 0) is 56.1 Å². The van der Waals surface area contributed by atoms with Gasteiger partial charge in [-0.2, -0.15) is 0 Å². The normalized spacial score (nSPS) is 21.2. The zero-order valence-electron chi connectivity index (χ0n) is 12.8. The van der Waals surface area contributed by atoms with E-state index in [1.54, 1.807) is 0 Å². The fourth-order valence-corrected chi connectivity index (χ4v) is 3.43. The number of fused-ring (bicyclic) bond motifs is 1. The highest BCUT2D eigenvalue weighted by molar-refractivity contribution is 5.32. The summed E-state index contributed by atoms with van der Waals surface area (Å²) >= 11 is 0. The Morgan fingerprint density at radius 2 is 2.10 bits per heavy atom. The third-order valence-corrected chi connectivity index (χ3v) is 4.40. The molecular weight excluding hydrogens is 248 g/mol. The van der Waals surface area contributed by atoms with Crippen molar-refractivity contribution < 1.29 is 9.84 Å². The Kier molecular flexibility index (Phi) is 6.06. The number of aryl methyl sites for hydroxylation is 1. The van der Waals surface area contributed by atoms with Gasteiger partial charge in [0.05, 0.1) is 12.2 Å². The van der Waals surface area contributed by atoms with Crippen LogP contribution in [0.3, 0.4) is 0 Å². The van der Waals surface area contributed by atoms with Crippen LogP contribution >= 0.6 is 0 Å². The van der Waals surface area contributed by atoms with Crippen LogP contribution in [0.4, 0.5) is 0 Å². The first kappa shape index (κ1) is 15.5. The number of rotatable bonds is 7. The SMILES string of the molecule is CCCC(OCC)C(O)CC1CCCc2ccccc21. The molecule has 1 aliphatic rings. The highest BCUT2D eigenvalue weighted by atomic mass is 16.5. The van der Waals surface area contributed by atoms with Gasteiger partial charge in [0.1, 0.15) is 0 Å². The van der Waals surface area contributed by atoms with Gasteiger partial charge in [-0.1, -0.05) is 37.6 Å². The Morgan fingerprint density at radius 3 is 2.85 bits per heavy atom. The molecule has 1 aliphatic carbocycles. The van der Waals surface area contributed by atoms with E-state index < -0.39 is 0 Å². The minimum absolute atomic E-state index is 0.000844. The Labute approximate surface area is 123 Å². The molecule has 1 aromatic rings. The number of benzene rings is 1. The summed E-state index contributed by atoms with van der Waals surface area (Å²) in [5.74, 6) is 0.495. The summed E-state index contributed by atoms with van der Waals surface area (Å²) in [7, 11) is 0. The average Bonchev–Trinajstić information content (AvgIpc) is 2.47. The highest BCUT2D eigenvalue weighted by Crippen LogP contribution is 2.35. The van der Waals surface area contributed by atoms with Crippen LogP contribution in [0.25, 0.3) is 0 Å². The molecule has 2 nitrogen and oxygen atoms in total. The molecule has 0 radical (unpaired) electrons. The molecule has 0 bridgehead atoms. The fourth-order valence-electron chi connectivity index (χ4n) is 3.43. The molecule has 112 valence electrons. The maximum absolute atomic E-state index is 10.5. The molecule has 2 rings (SSSR count). The second-order valence-electron chi connectivity index (χ2n) is 5.87. The summed E-state index contributed by atoms with van der Waals surface area (Å²) in [5.41, 5.74) is 2.92. The molecule has 0 saturated carbocycles. The van der Waals surface area contributed by atoms with Crippen molar-refractivity contribution in [2.75, 3.05) is 6.61 Å². The number of aliphatic hydroxyl groups is 1. The summed E-state index contributed by atoms with van der Waals surface area (Å²) < 4.78 is 5.72. The quantitative estimate of drug-likeness (QED) is 0.813. The highest BCUT2D eigenvalue weighted by Gasteiger charge is 2.26. The van der Waals surface area contributed by atoms with E-state index in [1.165, 1.54) is 30.4 Å². The van der Waals surface area contributed by atoms with Gasteiger partial charge in [-0.25, -0.2) is 0 Å². The second-order valence-corrected chi connectivity index (χ2v) is 5.87. The van der Waals surface area contributed by atoms with E-state index in [0.29, 0.717) is 12.5 Å². The Hall–Kier alpha value is -0.860. The van der Waals surface area contributed by atoms with Crippen LogP contribution in [-0.4, -0.2) is 23.9 Å². The van der Waals surface area contributed by atoms with Crippen molar-refractivity contribution in [1.29, 1.82) is 0 Å². The molecular formula is C18H28O2. The molecule has 0 aromatic heterocycles. The monoisotopic (exact) mass is 276 g/mol. The van der Waals surface area contributed by atoms with Gasteiger partial charge in [-0.15, -0.1) is 0 Å². The third-order valence-electron chi connectivity index (χ3n) is 4.40. The lowest BCUT2D eigenvalue weighted by atomic mass is 9.79. The van der Waals surface area contributed by atoms with E-state index in [4.69, 9.17) is 4.74 Å². The van der Waals surface area contributed by atoms with Crippen molar-refractivity contribution in [3.05, 3.63) is 35.4 Å². The van der Waals surface area contributed by atoms with Gasteiger partial charge >= 0.3 is 0 Å². The average molecular weight is 276 g/mol. The van der Waals surface area contributed by atoms with Crippen LogP contribution < -0.4 is 0 Å². The predicted octanol–water partition coefficient (Wildman–Crippen LogP) is 4.06. The van der Waals surface area contributed by atoms with Crippen LogP contribution in [0, 0.1) is 0 Å². The lowest BCUT2D eigenvalue weighted by Gasteiger charge is -2.30. The van der Waals surface area contributed by atoms with E-state index in [-0.39, 0.29) is 12.2 Å². The van der Waals surface area contributed by atoms with Gasteiger partial charge in [0, 0.05) is 6.61 Å². The Morgan fingerprint density at radius 1 is 1.30 bits per heavy atom. The van der Waals surface area contributed by atoms with Crippen molar-refractivity contribution in [3.63, 3.8) is 0 Å². The molecule has 0 spiro atoms. The minimum atomic E-state index is -0.342. The van der Waals surface area contributed by atoms with Gasteiger partial charge in [0.25, 0.3) is 0 Å². The molecule has 20 heavy (non-hydrogen) atoms. The van der Waals surface area contributed by atoms with Crippen LogP contribution in [0.2, 0.25) is 0 Å². The van der Waals surface area contributed by atoms with Crippen LogP contribution in [-0.2, 0) is 11.2 Å². The largest absolute Gasteiger partial charge is 0.390 e. The summed E-state index contributed by atoms with van der Waals surface area (Å²) in [4.78, 5) is 0. The maximum Gasteiger partial charge on any atom is 0.0833 e. The first-order valence-corrected chi connectivity index (χ1v) is 8.13. The zero-order chi connectivity index (χ0) is 14.4. The second kappa shape index (κ2) is 7.80. The van der Waals surface area contributed by atoms with E-state index in [2.05, 4.69) is 31.2 Å². The molecule has 0 saturated heterocycles. The Bertz CT molecular complexity index is 396. The van der Waals surface area contributed by atoms with E-state index >= 15 is 0 Å².